The van der Waals surface area contributed by atoms with E-state index in [2.05, 4.69) is 29.4 Å². The van der Waals surface area contributed by atoms with Crippen LogP contribution < -0.4 is 0 Å². The van der Waals surface area contributed by atoms with Gasteiger partial charge in [0, 0.05) is 24.4 Å². The Bertz CT molecular complexity index is 1390. The molecule has 2 aromatic heterocycles. The third-order valence-electron chi connectivity index (χ3n) is 6.62. The zero-order valence-corrected chi connectivity index (χ0v) is 19.6. The number of carbonyl (C=O) groups excluding carboxylic acids is 2. The van der Waals surface area contributed by atoms with Crippen LogP contribution in [-0.2, 0) is 35.5 Å². The van der Waals surface area contributed by atoms with Crippen LogP contribution in [0.1, 0.15) is 35.2 Å². The average molecular weight is 465 g/mol. The standard InChI is InChI=1S/C30H28N2O3/c33-20-23-10-8-21(9-11-23)4-3-5-22-12-15-30-31-26(19-32(30)18-22)13-14-28(34)25-16-24-6-1-2-7-27(24)29(35)17-25/h1-2,6-12,15-19,27,33H,3-5,13-14,20H2. The summed E-state index contributed by atoms with van der Waals surface area (Å²) in [5, 5.41) is 9.16. The maximum absolute atomic E-state index is 12.8. The van der Waals surface area contributed by atoms with E-state index < -0.39 is 0 Å². The first-order valence-corrected chi connectivity index (χ1v) is 12.1. The SMILES string of the molecule is O=C(CCc1cn2cc(CCCc3ccc(CO)cc3)ccc2n1)C1=CC(=O)C2C=CC=CC2=C1. The first-order chi connectivity index (χ1) is 17.1. The highest BCUT2D eigenvalue weighted by atomic mass is 16.3. The molecule has 176 valence electrons. The van der Waals surface area contributed by atoms with Crippen LogP contribution in [0.4, 0.5) is 0 Å². The van der Waals surface area contributed by atoms with E-state index in [9.17, 15) is 9.59 Å². The number of aryl methyl sites for hydroxylation is 3. The summed E-state index contributed by atoms with van der Waals surface area (Å²) < 4.78 is 2.03. The van der Waals surface area contributed by atoms with Gasteiger partial charge >= 0.3 is 0 Å². The van der Waals surface area contributed by atoms with Gasteiger partial charge in [-0.25, -0.2) is 4.98 Å². The number of aliphatic hydroxyl groups is 1. The van der Waals surface area contributed by atoms with Gasteiger partial charge in [0.15, 0.2) is 11.6 Å². The summed E-state index contributed by atoms with van der Waals surface area (Å²) in [5.41, 5.74) is 6.55. The van der Waals surface area contributed by atoms with Crippen LogP contribution in [0, 0.1) is 5.92 Å². The Morgan fingerprint density at radius 1 is 0.914 bits per heavy atom. The highest BCUT2D eigenvalue weighted by Gasteiger charge is 2.25. The molecular weight excluding hydrogens is 436 g/mol. The summed E-state index contributed by atoms with van der Waals surface area (Å²) in [7, 11) is 0. The number of nitrogens with zero attached hydrogens (tertiary/aromatic N) is 2. The molecule has 3 aromatic rings. The zero-order chi connectivity index (χ0) is 24.2. The molecule has 1 unspecified atom stereocenters. The van der Waals surface area contributed by atoms with Gasteiger partial charge in [-0.1, -0.05) is 54.6 Å². The zero-order valence-electron chi connectivity index (χ0n) is 19.6. The molecule has 2 aliphatic carbocycles. The molecular formula is C30H28N2O3. The predicted octanol–water partition coefficient (Wildman–Crippen LogP) is 4.68. The van der Waals surface area contributed by atoms with Gasteiger partial charge in [0.1, 0.15) is 5.65 Å². The molecule has 2 heterocycles. The van der Waals surface area contributed by atoms with E-state index in [0.717, 1.165) is 41.7 Å². The van der Waals surface area contributed by atoms with Gasteiger partial charge in [-0.3, -0.25) is 9.59 Å². The van der Waals surface area contributed by atoms with Crippen molar-refractivity contribution in [2.24, 2.45) is 5.92 Å². The summed E-state index contributed by atoms with van der Waals surface area (Å²) in [4.78, 5) is 29.8. The highest BCUT2D eigenvalue weighted by Crippen LogP contribution is 2.27. The molecule has 1 atom stereocenters. The summed E-state index contributed by atoms with van der Waals surface area (Å²) in [6.07, 6.45) is 18.8. The number of Topliss-reactive ketones (excluding diaryl/α,β-unsaturated/α-hetero) is 1. The van der Waals surface area contributed by atoms with Crippen molar-refractivity contribution >= 4 is 17.2 Å². The van der Waals surface area contributed by atoms with Crippen molar-refractivity contribution < 1.29 is 14.7 Å². The topological polar surface area (TPSA) is 71.7 Å². The number of aliphatic hydroxyl groups excluding tert-OH is 1. The molecule has 0 saturated carbocycles. The van der Waals surface area contributed by atoms with Gasteiger partial charge < -0.3 is 9.51 Å². The molecule has 35 heavy (non-hydrogen) atoms. The lowest BCUT2D eigenvalue weighted by atomic mass is 9.83. The molecule has 0 bridgehead atoms. The minimum absolute atomic E-state index is 0.0305. The quantitative estimate of drug-likeness (QED) is 0.499. The molecule has 5 heteroatoms. The fraction of sp³-hybridized carbons (Fsp3) is 0.233. The number of hydrogen-bond acceptors (Lipinski definition) is 4. The average Bonchev–Trinajstić information content (AvgIpc) is 3.30. The fourth-order valence-electron chi connectivity index (χ4n) is 4.63. The lowest BCUT2D eigenvalue weighted by Crippen LogP contribution is -2.19. The second kappa shape index (κ2) is 10.2. The Morgan fingerprint density at radius 3 is 2.51 bits per heavy atom. The van der Waals surface area contributed by atoms with Crippen LogP contribution >= 0.6 is 0 Å². The predicted molar refractivity (Wildman–Crippen MR) is 136 cm³/mol. The Hall–Kier alpha value is -3.83. The van der Waals surface area contributed by atoms with Crippen molar-refractivity contribution in [3.63, 3.8) is 0 Å². The number of imidazole rings is 1. The van der Waals surface area contributed by atoms with Crippen molar-refractivity contribution in [3.05, 3.63) is 119 Å². The van der Waals surface area contributed by atoms with Crippen LogP contribution in [-0.4, -0.2) is 26.1 Å². The monoisotopic (exact) mass is 464 g/mol. The van der Waals surface area contributed by atoms with Gasteiger partial charge in [-0.05, 0) is 66.2 Å². The molecule has 0 radical (unpaired) electrons. The minimum atomic E-state index is -0.254. The van der Waals surface area contributed by atoms with Crippen LogP contribution in [0.25, 0.3) is 5.65 Å². The van der Waals surface area contributed by atoms with Gasteiger partial charge in [0.25, 0.3) is 0 Å². The Labute approximate surface area is 204 Å². The first-order valence-electron chi connectivity index (χ1n) is 12.1. The van der Waals surface area contributed by atoms with Crippen molar-refractivity contribution in [1.82, 2.24) is 9.38 Å². The second-order valence-corrected chi connectivity index (χ2v) is 9.15. The first kappa shape index (κ1) is 22.9. The molecule has 0 aliphatic heterocycles. The number of pyridine rings is 1. The Balaban J connectivity index is 1.17. The van der Waals surface area contributed by atoms with E-state index in [4.69, 9.17) is 5.11 Å². The molecule has 1 aromatic carbocycles. The van der Waals surface area contributed by atoms with E-state index in [-0.39, 0.29) is 24.1 Å². The molecule has 0 fully saturated rings. The van der Waals surface area contributed by atoms with E-state index in [0.29, 0.717) is 18.4 Å². The lowest BCUT2D eigenvalue weighted by molar-refractivity contribution is -0.118. The van der Waals surface area contributed by atoms with Crippen molar-refractivity contribution in [3.8, 4) is 0 Å². The summed E-state index contributed by atoms with van der Waals surface area (Å²) in [6, 6.07) is 12.2. The van der Waals surface area contributed by atoms with Crippen molar-refractivity contribution in [2.45, 2.75) is 38.7 Å². The number of benzene rings is 1. The molecule has 5 rings (SSSR count). The number of rotatable bonds is 9. The van der Waals surface area contributed by atoms with E-state index in [1.54, 1.807) is 0 Å². The highest BCUT2D eigenvalue weighted by molar-refractivity contribution is 6.09. The maximum atomic E-state index is 12.8. The van der Waals surface area contributed by atoms with Crippen LogP contribution in [0.2, 0.25) is 0 Å². The lowest BCUT2D eigenvalue weighted by Gasteiger charge is -2.19. The second-order valence-electron chi connectivity index (χ2n) is 9.15. The maximum Gasteiger partial charge on any atom is 0.167 e. The van der Waals surface area contributed by atoms with Gasteiger partial charge in [0.2, 0.25) is 0 Å². The van der Waals surface area contributed by atoms with Gasteiger partial charge in [-0.2, -0.15) is 0 Å². The number of carbonyl (C=O) groups is 2. The number of fused-ring (bicyclic) bond motifs is 2. The summed E-state index contributed by atoms with van der Waals surface area (Å²) in [6.45, 7) is 0.0761. The smallest absolute Gasteiger partial charge is 0.167 e. The molecule has 5 nitrogen and oxygen atoms in total. The van der Waals surface area contributed by atoms with E-state index in [1.807, 2.05) is 59.2 Å². The Morgan fingerprint density at radius 2 is 1.69 bits per heavy atom. The van der Waals surface area contributed by atoms with Crippen LogP contribution in [0.15, 0.2) is 96.4 Å². The molecule has 0 spiro atoms. The summed E-state index contributed by atoms with van der Waals surface area (Å²) >= 11 is 0. The molecule has 0 saturated heterocycles. The fourth-order valence-corrected chi connectivity index (χ4v) is 4.63. The van der Waals surface area contributed by atoms with Crippen molar-refractivity contribution in [2.75, 3.05) is 0 Å². The Kier molecular flexibility index (Phi) is 6.68. The summed E-state index contributed by atoms with van der Waals surface area (Å²) in [5.74, 6) is -0.318. The van der Waals surface area contributed by atoms with Gasteiger partial charge in [0.05, 0.1) is 18.2 Å². The van der Waals surface area contributed by atoms with E-state index >= 15 is 0 Å². The number of ketones is 2. The molecule has 1 N–H and O–H groups in total. The van der Waals surface area contributed by atoms with Gasteiger partial charge in [-0.15, -0.1) is 0 Å². The number of hydrogen-bond donors (Lipinski definition) is 1. The largest absolute Gasteiger partial charge is 0.392 e. The van der Waals surface area contributed by atoms with Crippen LogP contribution in [0.5, 0.6) is 0 Å². The third kappa shape index (κ3) is 5.31. The number of allylic oxidation sites excluding steroid dienone is 8. The van der Waals surface area contributed by atoms with Crippen LogP contribution in [0.3, 0.4) is 0 Å². The molecule has 0 amide bonds. The van der Waals surface area contributed by atoms with Crippen molar-refractivity contribution in [1.29, 1.82) is 0 Å². The molecule has 2 aliphatic rings. The minimum Gasteiger partial charge on any atom is -0.392 e. The normalized spacial score (nSPS) is 16.8. The van der Waals surface area contributed by atoms with E-state index in [1.165, 1.54) is 17.2 Å². The number of aromatic nitrogens is 2. The third-order valence-corrected chi connectivity index (χ3v) is 6.62.